The van der Waals surface area contributed by atoms with Crippen molar-refractivity contribution in [1.29, 1.82) is 0 Å². The van der Waals surface area contributed by atoms with Gasteiger partial charge in [0.15, 0.2) is 0 Å². The van der Waals surface area contributed by atoms with E-state index in [0.29, 0.717) is 12.1 Å². The number of likely N-dealkylation sites (N-methyl/N-ethyl adjacent to an activating group) is 3. The zero-order valence-electron chi connectivity index (χ0n) is 9.86. The molecule has 3 N–H and O–H groups in total. The van der Waals surface area contributed by atoms with Gasteiger partial charge < -0.3 is 16.0 Å². The molecule has 0 saturated carbocycles. The van der Waals surface area contributed by atoms with Crippen LogP contribution in [0.25, 0.3) is 0 Å². The molecule has 0 fully saturated rings. The minimum atomic E-state index is 0.128. The molecule has 2 atom stereocenters. The van der Waals surface area contributed by atoms with E-state index in [4.69, 9.17) is 0 Å². The number of hydrogen-bond donors (Lipinski definition) is 3. The van der Waals surface area contributed by atoms with E-state index in [9.17, 15) is 0 Å². The van der Waals surface area contributed by atoms with Crippen molar-refractivity contribution in [3.05, 3.63) is 0 Å². The van der Waals surface area contributed by atoms with Crippen LogP contribution in [0.5, 0.6) is 0 Å². The molecule has 0 aromatic rings. The van der Waals surface area contributed by atoms with Crippen LogP contribution in [0.3, 0.4) is 0 Å². The van der Waals surface area contributed by atoms with Crippen LogP contribution >= 0.6 is 0 Å². The Morgan fingerprint density at radius 2 is 1.38 bits per heavy atom. The highest BCUT2D eigenvalue weighted by atomic mass is 15.1. The van der Waals surface area contributed by atoms with Crippen molar-refractivity contribution >= 4 is 0 Å². The Morgan fingerprint density at radius 1 is 1.00 bits per heavy atom. The molecule has 0 radical (unpaired) electrons. The number of nitrogens with one attached hydrogen (secondary N) is 3. The average molecular weight is 187 g/mol. The molecule has 0 aliphatic rings. The van der Waals surface area contributed by atoms with Crippen molar-refractivity contribution < 1.29 is 0 Å². The lowest BCUT2D eigenvalue weighted by Crippen LogP contribution is -2.65. The van der Waals surface area contributed by atoms with Crippen molar-refractivity contribution in [2.45, 2.75) is 44.8 Å². The van der Waals surface area contributed by atoms with E-state index >= 15 is 0 Å². The van der Waals surface area contributed by atoms with Crippen LogP contribution in [0.4, 0.5) is 0 Å². The molecule has 0 aromatic heterocycles. The van der Waals surface area contributed by atoms with E-state index in [-0.39, 0.29) is 5.54 Å². The van der Waals surface area contributed by atoms with Crippen molar-refractivity contribution in [2.24, 2.45) is 0 Å². The highest BCUT2D eigenvalue weighted by Gasteiger charge is 2.36. The van der Waals surface area contributed by atoms with Gasteiger partial charge in [0.2, 0.25) is 0 Å². The van der Waals surface area contributed by atoms with Gasteiger partial charge in [-0.15, -0.1) is 0 Å². The van der Waals surface area contributed by atoms with Crippen molar-refractivity contribution in [3.8, 4) is 0 Å². The van der Waals surface area contributed by atoms with Crippen molar-refractivity contribution in [1.82, 2.24) is 16.0 Å². The third-order valence-corrected chi connectivity index (χ3v) is 3.46. The van der Waals surface area contributed by atoms with Crippen LogP contribution in [0.1, 0.15) is 27.2 Å². The molecule has 13 heavy (non-hydrogen) atoms. The number of hydrogen-bond acceptors (Lipinski definition) is 3. The molecule has 3 nitrogen and oxygen atoms in total. The summed E-state index contributed by atoms with van der Waals surface area (Å²) in [4.78, 5) is 0. The largest absolute Gasteiger partial charge is 0.315 e. The predicted octanol–water partition coefficient (Wildman–Crippen LogP) is 0.570. The van der Waals surface area contributed by atoms with Gasteiger partial charge >= 0.3 is 0 Å². The molecule has 0 amide bonds. The normalized spacial score (nSPS) is 20.8. The lowest BCUT2D eigenvalue weighted by atomic mass is 9.81. The summed E-state index contributed by atoms with van der Waals surface area (Å²) in [5.74, 6) is 0. The smallest absolute Gasteiger partial charge is 0.0479 e. The quantitative estimate of drug-likeness (QED) is 0.569. The van der Waals surface area contributed by atoms with Crippen LogP contribution in [-0.4, -0.2) is 38.8 Å². The van der Waals surface area contributed by atoms with Crippen molar-refractivity contribution in [3.63, 3.8) is 0 Å². The monoisotopic (exact) mass is 187 g/mol. The lowest BCUT2D eigenvalue weighted by molar-refractivity contribution is 0.201. The molecule has 3 heteroatoms. The topological polar surface area (TPSA) is 36.1 Å². The summed E-state index contributed by atoms with van der Waals surface area (Å²) in [6, 6.07) is 0.898. The van der Waals surface area contributed by atoms with Gasteiger partial charge in [0.25, 0.3) is 0 Å². The predicted molar refractivity (Wildman–Crippen MR) is 59.1 cm³/mol. The standard InChI is InChI=1S/C10H25N3/c1-7-10(13-6,8(2)11-4)9(3)12-5/h8-9,11-13H,7H2,1-6H3. The fourth-order valence-electron chi connectivity index (χ4n) is 2.11. The van der Waals surface area contributed by atoms with Gasteiger partial charge in [-0.1, -0.05) is 6.92 Å². The Kier molecular flexibility index (Phi) is 5.53. The summed E-state index contributed by atoms with van der Waals surface area (Å²) in [5.41, 5.74) is 0.128. The summed E-state index contributed by atoms with van der Waals surface area (Å²) < 4.78 is 0. The zero-order chi connectivity index (χ0) is 10.5. The Balaban J connectivity index is 4.67. The maximum absolute atomic E-state index is 3.44. The second kappa shape index (κ2) is 5.58. The third-order valence-electron chi connectivity index (χ3n) is 3.46. The van der Waals surface area contributed by atoms with Gasteiger partial charge in [0, 0.05) is 17.6 Å². The van der Waals surface area contributed by atoms with Gasteiger partial charge in [-0.2, -0.15) is 0 Å². The molecule has 0 bridgehead atoms. The lowest BCUT2D eigenvalue weighted by Gasteiger charge is -2.43. The van der Waals surface area contributed by atoms with E-state index in [1.807, 2.05) is 21.1 Å². The SMILES string of the molecule is CCC(NC)(C(C)NC)C(C)NC. The minimum Gasteiger partial charge on any atom is -0.315 e. The first-order valence-electron chi connectivity index (χ1n) is 5.12. The Morgan fingerprint density at radius 3 is 1.54 bits per heavy atom. The van der Waals surface area contributed by atoms with E-state index in [0.717, 1.165) is 6.42 Å². The van der Waals surface area contributed by atoms with Gasteiger partial charge in [-0.05, 0) is 41.4 Å². The maximum atomic E-state index is 3.44. The van der Waals surface area contributed by atoms with E-state index in [2.05, 4.69) is 36.7 Å². The molecule has 0 heterocycles. The maximum Gasteiger partial charge on any atom is 0.0479 e. The molecule has 0 aromatic carbocycles. The molecule has 0 spiro atoms. The van der Waals surface area contributed by atoms with Crippen molar-refractivity contribution in [2.75, 3.05) is 21.1 Å². The van der Waals surface area contributed by atoms with Gasteiger partial charge in [0.1, 0.15) is 0 Å². The molecule has 0 saturated heterocycles. The summed E-state index contributed by atoms with van der Waals surface area (Å²) in [6.07, 6.45) is 1.10. The molecule has 80 valence electrons. The molecule has 2 unspecified atom stereocenters. The zero-order valence-corrected chi connectivity index (χ0v) is 9.86. The Hall–Kier alpha value is -0.120. The minimum absolute atomic E-state index is 0.128. The number of rotatable bonds is 6. The molecule has 0 rings (SSSR count). The molecular formula is C10H25N3. The molecule has 0 aliphatic carbocycles. The molecular weight excluding hydrogens is 162 g/mol. The van der Waals surface area contributed by atoms with E-state index in [1.165, 1.54) is 0 Å². The Bertz CT molecular complexity index is 120. The molecule has 0 aliphatic heterocycles. The van der Waals surface area contributed by atoms with Crippen LogP contribution < -0.4 is 16.0 Å². The van der Waals surface area contributed by atoms with Crippen LogP contribution in [0.2, 0.25) is 0 Å². The summed E-state index contributed by atoms with van der Waals surface area (Å²) >= 11 is 0. The van der Waals surface area contributed by atoms with E-state index in [1.54, 1.807) is 0 Å². The summed E-state index contributed by atoms with van der Waals surface area (Å²) in [7, 11) is 6.05. The van der Waals surface area contributed by atoms with Crippen LogP contribution in [0.15, 0.2) is 0 Å². The fraction of sp³-hybridized carbons (Fsp3) is 1.00. The highest BCUT2D eigenvalue weighted by Crippen LogP contribution is 2.19. The van der Waals surface area contributed by atoms with Crippen LogP contribution in [-0.2, 0) is 0 Å². The second-order valence-electron chi connectivity index (χ2n) is 3.66. The van der Waals surface area contributed by atoms with Gasteiger partial charge in [0.05, 0.1) is 0 Å². The fourth-order valence-corrected chi connectivity index (χ4v) is 2.11. The second-order valence-corrected chi connectivity index (χ2v) is 3.66. The van der Waals surface area contributed by atoms with Crippen LogP contribution in [0, 0.1) is 0 Å². The summed E-state index contributed by atoms with van der Waals surface area (Å²) in [6.45, 7) is 6.65. The Labute approximate surface area is 82.7 Å². The van der Waals surface area contributed by atoms with Gasteiger partial charge in [-0.25, -0.2) is 0 Å². The average Bonchev–Trinajstić information content (AvgIpc) is 2.19. The first-order chi connectivity index (χ1) is 6.08. The first kappa shape index (κ1) is 12.9. The van der Waals surface area contributed by atoms with E-state index < -0.39 is 0 Å². The summed E-state index contributed by atoms with van der Waals surface area (Å²) in [5, 5.41) is 10.1. The van der Waals surface area contributed by atoms with Gasteiger partial charge in [-0.3, -0.25) is 0 Å². The highest BCUT2D eigenvalue weighted by molar-refractivity contribution is 5.01. The first-order valence-corrected chi connectivity index (χ1v) is 5.12. The third kappa shape index (κ3) is 2.42.